The van der Waals surface area contributed by atoms with Crippen molar-refractivity contribution in [3.8, 4) is 5.75 Å². The van der Waals surface area contributed by atoms with Crippen molar-refractivity contribution in [1.82, 2.24) is 9.80 Å². The number of hydrogen-bond donors (Lipinski definition) is 1. The van der Waals surface area contributed by atoms with Crippen LogP contribution in [0.3, 0.4) is 0 Å². The maximum Gasteiger partial charge on any atom is 0.243 e. The third kappa shape index (κ3) is 4.75. The van der Waals surface area contributed by atoms with Gasteiger partial charge < -0.3 is 15.0 Å². The minimum absolute atomic E-state index is 0.0137. The highest BCUT2D eigenvalue weighted by Gasteiger charge is 2.47. The van der Waals surface area contributed by atoms with Crippen LogP contribution in [0, 0.1) is 11.8 Å². The topological polar surface area (TPSA) is 96.0 Å². The maximum atomic E-state index is 12.5. The van der Waals surface area contributed by atoms with Gasteiger partial charge in [0.05, 0.1) is 25.5 Å². The number of carbonyl (C=O) groups excluding carboxylic acids is 4. The molecule has 2 atom stereocenters. The monoisotopic (exact) mass is 401 g/mol. The largest absolute Gasteiger partial charge is 0.497 e. The number of rotatable bonds is 7. The zero-order valence-corrected chi connectivity index (χ0v) is 16.8. The fourth-order valence-electron chi connectivity index (χ4n) is 4.05. The summed E-state index contributed by atoms with van der Waals surface area (Å²) in [7, 11) is 3.07. The van der Waals surface area contributed by atoms with Crippen molar-refractivity contribution < 1.29 is 23.9 Å². The number of fused-ring (bicyclic) bond motifs is 1. The van der Waals surface area contributed by atoms with Gasteiger partial charge in [-0.15, -0.1) is 0 Å². The van der Waals surface area contributed by atoms with Gasteiger partial charge >= 0.3 is 0 Å². The van der Waals surface area contributed by atoms with Gasteiger partial charge in [-0.2, -0.15) is 0 Å². The van der Waals surface area contributed by atoms with Gasteiger partial charge in [0.15, 0.2) is 0 Å². The number of hydrogen-bond acceptors (Lipinski definition) is 5. The summed E-state index contributed by atoms with van der Waals surface area (Å²) in [5.74, 6) is -0.727. The number of likely N-dealkylation sites (tertiary alicyclic amines) is 1. The Bertz CT molecular complexity index is 785. The van der Waals surface area contributed by atoms with E-state index in [0.717, 1.165) is 25.7 Å². The molecule has 0 spiro atoms. The first kappa shape index (κ1) is 20.8. The van der Waals surface area contributed by atoms with Crippen LogP contribution < -0.4 is 10.1 Å². The van der Waals surface area contributed by atoms with Crippen molar-refractivity contribution in [3.63, 3.8) is 0 Å². The molecule has 0 unspecified atom stereocenters. The Hall–Kier alpha value is -2.90. The van der Waals surface area contributed by atoms with Gasteiger partial charge in [0.25, 0.3) is 0 Å². The van der Waals surface area contributed by atoms with Crippen LogP contribution in [0.15, 0.2) is 24.3 Å². The first-order valence-electron chi connectivity index (χ1n) is 9.94. The number of nitrogens with one attached hydrogen (secondary N) is 1. The van der Waals surface area contributed by atoms with Crippen LogP contribution >= 0.6 is 0 Å². The zero-order chi connectivity index (χ0) is 21.0. The SMILES string of the molecule is COc1cccc(NC(=O)CN(C)C(=O)CCN2C(=O)[C@H]3CCCC[C@H]3C2=O)c1. The summed E-state index contributed by atoms with van der Waals surface area (Å²) in [4.78, 5) is 52.1. The van der Waals surface area contributed by atoms with Crippen molar-refractivity contribution in [2.75, 3.05) is 32.6 Å². The van der Waals surface area contributed by atoms with Gasteiger partial charge in [0.2, 0.25) is 23.6 Å². The molecule has 1 aliphatic heterocycles. The fraction of sp³-hybridized carbons (Fsp3) is 0.524. The molecule has 8 heteroatoms. The molecule has 1 saturated heterocycles. The normalized spacial score (nSPS) is 21.0. The summed E-state index contributed by atoms with van der Waals surface area (Å²) in [5.41, 5.74) is 0.575. The summed E-state index contributed by atoms with van der Waals surface area (Å²) in [6.45, 7) is -0.0471. The fourth-order valence-corrected chi connectivity index (χ4v) is 4.05. The van der Waals surface area contributed by atoms with E-state index < -0.39 is 0 Å². The number of ether oxygens (including phenoxy) is 1. The minimum Gasteiger partial charge on any atom is -0.497 e. The van der Waals surface area contributed by atoms with Crippen molar-refractivity contribution in [2.45, 2.75) is 32.1 Å². The lowest BCUT2D eigenvalue weighted by atomic mass is 9.81. The highest BCUT2D eigenvalue weighted by molar-refractivity contribution is 6.05. The lowest BCUT2D eigenvalue weighted by Gasteiger charge is -2.19. The van der Waals surface area contributed by atoms with Gasteiger partial charge in [-0.3, -0.25) is 24.1 Å². The predicted molar refractivity (Wildman–Crippen MR) is 106 cm³/mol. The molecule has 0 bridgehead atoms. The van der Waals surface area contributed by atoms with E-state index in [1.54, 1.807) is 24.3 Å². The standard InChI is InChI=1S/C21H27N3O5/c1-23(13-18(25)22-14-6-5-7-15(12-14)29-2)19(26)10-11-24-20(27)16-8-3-4-9-17(16)21(24)28/h5-7,12,16-17H,3-4,8-11,13H2,1-2H3,(H,22,25)/t16-,17+. The number of benzene rings is 1. The number of imide groups is 1. The molecule has 0 aromatic heterocycles. The number of methoxy groups -OCH3 is 1. The van der Waals surface area contributed by atoms with Crippen molar-refractivity contribution >= 4 is 29.3 Å². The van der Waals surface area contributed by atoms with Crippen molar-refractivity contribution in [2.24, 2.45) is 11.8 Å². The quantitative estimate of drug-likeness (QED) is 0.701. The molecule has 1 N–H and O–H groups in total. The Morgan fingerprint density at radius 2 is 1.83 bits per heavy atom. The predicted octanol–water partition coefficient (Wildman–Crippen LogP) is 1.66. The molecule has 0 radical (unpaired) electrons. The van der Waals surface area contributed by atoms with E-state index >= 15 is 0 Å². The molecule has 1 saturated carbocycles. The van der Waals surface area contributed by atoms with E-state index in [4.69, 9.17) is 4.74 Å². The first-order valence-corrected chi connectivity index (χ1v) is 9.94. The smallest absolute Gasteiger partial charge is 0.243 e. The maximum absolute atomic E-state index is 12.5. The lowest BCUT2D eigenvalue weighted by Crippen LogP contribution is -2.38. The summed E-state index contributed by atoms with van der Waals surface area (Å²) < 4.78 is 5.11. The summed E-state index contributed by atoms with van der Waals surface area (Å²) >= 11 is 0. The third-order valence-electron chi connectivity index (χ3n) is 5.64. The number of carbonyl (C=O) groups is 4. The summed E-state index contributed by atoms with van der Waals surface area (Å²) in [6, 6.07) is 6.93. The molecular weight excluding hydrogens is 374 g/mol. The number of likely N-dealkylation sites (N-methyl/N-ethyl adjacent to an activating group) is 1. The van der Waals surface area contributed by atoms with Crippen LogP contribution in [0.2, 0.25) is 0 Å². The van der Waals surface area contributed by atoms with Gasteiger partial charge in [-0.1, -0.05) is 18.9 Å². The van der Waals surface area contributed by atoms with Crippen molar-refractivity contribution in [3.05, 3.63) is 24.3 Å². The van der Waals surface area contributed by atoms with E-state index in [0.29, 0.717) is 11.4 Å². The van der Waals surface area contributed by atoms with E-state index in [1.807, 2.05) is 0 Å². The Labute approximate surface area is 170 Å². The Balaban J connectivity index is 1.48. The molecule has 2 aliphatic rings. The van der Waals surface area contributed by atoms with E-state index in [1.165, 1.54) is 24.0 Å². The Morgan fingerprint density at radius 1 is 1.17 bits per heavy atom. The molecule has 29 heavy (non-hydrogen) atoms. The summed E-state index contributed by atoms with van der Waals surface area (Å²) in [6.07, 6.45) is 3.46. The Morgan fingerprint density at radius 3 is 2.45 bits per heavy atom. The van der Waals surface area contributed by atoms with Crippen LogP contribution in [0.4, 0.5) is 5.69 Å². The van der Waals surface area contributed by atoms with Gasteiger partial charge in [-0.05, 0) is 25.0 Å². The molecule has 1 aromatic carbocycles. The third-order valence-corrected chi connectivity index (χ3v) is 5.64. The molecule has 156 valence electrons. The van der Waals surface area contributed by atoms with Crippen LogP contribution in [-0.4, -0.2) is 60.7 Å². The zero-order valence-electron chi connectivity index (χ0n) is 16.8. The molecule has 1 heterocycles. The second-order valence-electron chi connectivity index (χ2n) is 7.61. The van der Waals surface area contributed by atoms with E-state index in [-0.39, 0.29) is 55.0 Å². The molecule has 8 nitrogen and oxygen atoms in total. The summed E-state index contributed by atoms with van der Waals surface area (Å²) in [5, 5.41) is 2.72. The number of anilines is 1. The second kappa shape index (κ2) is 9.07. The highest BCUT2D eigenvalue weighted by atomic mass is 16.5. The lowest BCUT2D eigenvalue weighted by molar-refractivity contribution is -0.141. The van der Waals surface area contributed by atoms with Crippen LogP contribution in [-0.2, 0) is 19.2 Å². The second-order valence-corrected chi connectivity index (χ2v) is 7.61. The van der Waals surface area contributed by atoms with E-state index in [9.17, 15) is 19.2 Å². The Kier molecular flexibility index (Phi) is 6.51. The number of amides is 4. The van der Waals surface area contributed by atoms with Crippen LogP contribution in [0.1, 0.15) is 32.1 Å². The first-order chi connectivity index (χ1) is 13.9. The highest BCUT2D eigenvalue weighted by Crippen LogP contribution is 2.37. The molecular formula is C21H27N3O5. The molecule has 3 rings (SSSR count). The van der Waals surface area contributed by atoms with Gasteiger partial charge in [-0.25, -0.2) is 0 Å². The molecule has 2 fully saturated rings. The van der Waals surface area contributed by atoms with E-state index in [2.05, 4.69) is 5.32 Å². The molecule has 1 aromatic rings. The van der Waals surface area contributed by atoms with Gasteiger partial charge in [0.1, 0.15) is 5.75 Å². The minimum atomic E-state index is -0.339. The van der Waals surface area contributed by atoms with Crippen molar-refractivity contribution in [1.29, 1.82) is 0 Å². The van der Waals surface area contributed by atoms with Gasteiger partial charge in [0, 0.05) is 31.8 Å². The number of nitrogens with zero attached hydrogens (tertiary/aromatic N) is 2. The average molecular weight is 401 g/mol. The molecule has 1 aliphatic carbocycles. The van der Waals surface area contributed by atoms with Crippen LogP contribution in [0.25, 0.3) is 0 Å². The van der Waals surface area contributed by atoms with Crippen LogP contribution in [0.5, 0.6) is 5.75 Å². The molecule has 4 amide bonds. The average Bonchev–Trinajstić information content (AvgIpc) is 2.96.